The van der Waals surface area contributed by atoms with E-state index in [9.17, 15) is 9.59 Å². The van der Waals surface area contributed by atoms with E-state index in [2.05, 4.69) is 16.8 Å². The van der Waals surface area contributed by atoms with Crippen LogP contribution < -0.4 is 5.56 Å². The summed E-state index contributed by atoms with van der Waals surface area (Å²) in [4.78, 5) is 34.3. The SMILES string of the molecule is CCN1CCN(C(=O)c2ccc(-c3nc4ccccc4n(C)c3=O)cc2)CC1. The van der Waals surface area contributed by atoms with Crippen molar-refractivity contribution in [3.05, 3.63) is 64.4 Å². The summed E-state index contributed by atoms with van der Waals surface area (Å²) in [6.45, 7) is 6.49. The number of benzene rings is 2. The van der Waals surface area contributed by atoms with Gasteiger partial charge in [-0.05, 0) is 30.8 Å². The number of carbonyl (C=O) groups excluding carboxylic acids is 1. The predicted octanol–water partition coefficient (Wildman–Crippen LogP) is 2.38. The first-order chi connectivity index (χ1) is 13.6. The van der Waals surface area contributed by atoms with Gasteiger partial charge in [0.2, 0.25) is 0 Å². The first-order valence-electron chi connectivity index (χ1n) is 9.66. The fourth-order valence-electron chi connectivity index (χ4n) is 3.69. The summed E-state index contributed by atoms with van der Waals surface area (Å²) in [5.74, 6) is 0.0432. The molecule has 1 aliphatic rings. The van der Waals surface area contributed by atoms with Gasteiger partial charge in [-0.1, -0.05) is 31.2 Å². The largest absolute Gasteiger partial charge is 0.336 e. The van der Waals surface area contributed by atoms with E-state index in [1.54, 1.807) is 23.7 Å². The van der Waals surface area contributed by atoms with Gasteiger partial charge >= 0.3 is 0 Å². The van der Waals surface area contributed by atoms with Crippen molar-refractivity contribution in [3.63, 3.8) is 0 Å². The Morgan fingerprint density at radius 3 is 2.36 bits per heavy atom. The number of likely N-dealkylation sites (N-methyl/N-ethyl adjacent to an activating group) is 1. The van der Waals surface area contributed by atoms with Crippen molar-refractivity contribution in [1.82, 2.24) is 19.4 Å². The Bertz CT molecular complexity index is 1060. The van der Waals surface area contributed by atoms with E-state index in [1.807, 2.05) is 41.3 Å². The van der Waals surface area contributed by atoms with Crippen LogP contribution in [-0.4, -0.2) is 58.0 Å². The number of hydrogen-bond donors (Lipinski definition) is 0. The average molecular weight is 376 g/mol. The van der Waals surface area contributed by atoms with E-state index >= 15 is 0 Å². The number of para-hydroxylation sites is 2. The van der Waals surface area contributed by atoms with Crippen LogP contribution in [0.5, 0.6) is 0 Å². The number of aryl methyl sites for hydroxylation is 1. The number of amides is 1. The maximum absolute atomic E-state index is 12.8. The molecule has 1 fully saturated rings. The molecule has 2 aromatic carbocycles. The van der Waals surface area contributed by atoms with Crippen molar-refractivity contribution in [1.29, 1.82) is 0 Å². The van der Waals surface area contributed by atoms with Crippen LogP contribution in [0.15, 0.2) is 53.3 Å². The zero-order valence-corrected chi connectivity index (χ0v) is 16.3. The summed E-state index contributed by atoms with van der Waals surface area (Å²) in [5.41, 5.74) is 3.19. The summed E-state index contributed by atoms with van der Waals surface area (Å²) in [6.07, 6.45) is 0. The molecule has 144 valence electrons. The van der Waals surface area contributed by atoms with Crippen LogP contribution in [0.1, 0.15) is 17.3 Å². The van der Waals surface area contributed by atoms with E-state index in [0.717, 1.165) is 49.3 Å². The molecule has 0 saturated carbocycles. The molecular weight excluding hydrogens is 352 g/mol. The minimum atomic E-state index is -0.145. The number of aromatic nitrogens is 2. The van der Waals surface area contributed by atoms with E-state index < -0.39 is 0 Å². The summed E-state index contributed by atoms with van der Waals surface area (Å²) in [5, 5.41) is 0. The van der Waals surface area contributed by atoms with Crippen LogP contribution in [0.3, 0.4) is 0 Å². The van der Waals surface area contributed by atoms with Gasteiger partial charge < -0.3 is 14.4 Å². The number of carbonyl (C=O) groups is 1. The summed E-state index contributed by atoms with van der Waals surface area (Å²) < 4.78 is 1.62. The molecule has 0 N–H and O–H groups in total. The van der Waals surface area contributed by atoms with Crippen molar-refractivity contribution < 1.29 is 4.79 Å². The van der Waals surface area contributed by atoms with E-state index in [4.69, 9.17) is 0 Å². The Morgan fingerprint density at radius 2 is 1.68 bits per heavy atom. The van der Waals surface area contributed by atoms with Gasteiger partial charge in [0.1, 0.15) is 5.69 Å². The highest BCUT2D eigenvalue weighted by molar-refractivity contribution is 5.94. The second-order valence-corrected chi connectivity index (χ2v) is 7.12. The molecule has 28 heavy (non-hydrogen) atoms. The highest BCUT2D eigenvalue weighted by atomic mass is 16.2. The molecule has 6 heteroatoms. The Hall–Kier alpha value is -2.99. The van der Waals surface area contributed by atoms with Crippen molar-refractivity contribution >= 4 is 16.9 Å². The fraction of sp³-hybridized carbons (Fsp3) is 0.318. The predicted molar refractivity (Wildman–Crippen MR) is 110 cm³/mol. The quantitative estimate of drug-likeness (QED) is 0.704. The Kier molecular flexibility index (Phi) is 4.96. The molecule has 0 spiro atoms. The van der Waals surface area contributed by atoms with Gasteiger partial charge in [-0.15, -0.1) is 0 Å². The van der Waals surface area contributed by atoms with Crippen molar-refractivity contribution in [2.24, 2.45) is 7.05 Å². The standard InChI is InChI=1S/C22H24N4O2/c1-3-25-12-14-26(15-13-25)21(27)17-10-8-16(9-11-17)20-22(28)24(2)19-7-5-4-6-18(19)23-20/h4-11H,3,12-15H2,1-2H3. The Morgan fingerprint density at radius 1 is 1.00 bits per heavy atom. The first-order valence-corrected chi connectivity index (χ1v) is 9.66. The lowest BCUT2D eigenvalue weighted by atomic mass is 10.1. The van der Waals surface area contributed by atoms with E-state index in [-0.39, 0.29) is 11.5 Å². The minimum Gasteiger partial charge on any atom is -0.336 e. The lowest BCUT2D eigenvalue weighted by Gasteiger charge is -2.34. The summed E-state index contributed by atoms with van der Waals surface area (Å²) >= 11 is 0. The van der Waals surface area contributed by atoms with Gasteiger partial charge in [0.05, 0.1) is 11.0 Å². The lowest BCUT2D eigenvalue weighted by molar-refractivity contribution is 0.0643. The Labute approximate surface area is 164 Å². The van der Waals surface area contributed by atoms with Gasteiger partial charge in [-0.2, -0.15) is 0 Å². The molecule has 4 rings (SSSR count). The third kappa shape index (κ3) is 3.31. The van der Waals surface area contributed by atoms with Crippen molar-refractivity contribution in [3.8, 4) is 11.3 Å². The van der Waals surface area contributed by atoms with Crippen LogP contribution in [-0.2, 0) is 7.05 Å². The van der Waals surface area contributed by atoms with Crippen molar-refractivity contribution in [2.45, 2.75) is 6.92 Å². The maximum Gasteiger partial charge on any atom is 0.277 e. The minimum absolute atomic E-state index is 0.0432. The molecule has 1 aromatic heterocycles. The summed E-state index contributed by atoms with van der Waals surface area (Å²) in [6, 6.07) is 14.8. The highest BCUT2D eigenvalue weighted by Gasteiger charge is 2.21. The molecule has 1 amide bonds. The van der Waals surface area contributed by atoms with Crippen molar-refractivity contribution in [2.75, 3.05) is 32.7 Å². The smallest absolute Gasteiger partial charge is 0.277 e. The van der Waals surface area contributed by atoms with Crippen LogP contribution in [0.2, 0.25) is 0 Å². The maximum atomic E-state index is 12.8. The molecule has 1 aliphatic heterocycles. The third-order valence-electron chi connectivity index (χ3n) is 5.49. The normalized spacial score (nSPS) is 15.1. The second-order valence-electron chi connectivity index (χ2n) is 7.12. The van der Waals surface area contributed by atoms with Gasteiger partial charge in [0.15, 0.2) is 0 Å². The third-order valence-corrected chi connectivity index (χ3v) is 5.49. The van der Waals surface area contributed by atoms with Gasteiger partial charge in [-0.25, -0.2) is 4.98 Å². The molecule has 2 heterocycles. The molecule has 1 saturated heterocycles. The topological polar surface area (TPSA) is 58.4 Å². The zero-order valence-electron chi connectivity index (χ0n) is 16.3. The first kappa shape index (κ1) is 18.4. The lowest BCUT2D eigenvalue weighted by Crippen LogP contribution is -2.48. The van der Waals surface area contributed by atoms with E-state index in [0.29, 0.717) is 11.3 Å². The monoisotopic (exact) mass is 376 g/mol. The molecule has 0 radical (unpaired) electrons. The van der Waals surface area contributed by atoms with Gasteiger partial charge in [0.25, 0.3) is 11.5 Å². The number of nitrogens with zero attached hydrogens (tertiary/aromatic N) is 4. The number of piperazine rings is 1. The zero-order chi connectivity index (χ0) is 19.7. The van der Waals surface area contributed by atoms with Crippen LogP contribution in [0, 0.1) is 0 Å². The molecular formula is C22H24N4O2. The number of rotatable bonds is 3. The van der Waals surface area contributed by atoms with Gasteiger partial charge in [-0.3, -0.25) is 9.59 Å². The molecule has 3 aromatic rings. The molecule has 0 bridgehead atoms. The van der Waals surface area contributed by atoms with Crippen LogP contribution in [0.4, 0.5) is 0 Å². The Balaban J connectivity index is 1.60. The molecule has 6 nitrogen and oxygen atoms in total. The number of fused-ring (bicyclic) bond motifs is 1. The fourth-order valence-corrected chi connectivity index (χ4v) is 3.69. The average Bonchev–Trinajstić information content (AvgIpc) is 2.76. The number of hydrogen-bond acceptors (Lipinski definition) is 4. The second kappa shape index (κ2) is 7.56. The van der Waals surface area contributed by atoms with Crippen LogP contribution >= 0.6 is 0 Å². The molecule has 0 aliphatic carbocycles. The highest BCUT2D eigenvalue weighted by Crippen LogP contribution is 2.19. The summed E-state index contributed by atoms with van der Waals surface area (Å²) in [7, 11) is 1.75. The van der Waals surface area contributed by atoms with Gasteiger partial charge in [0, 0.05) is 44.4 Å². The molecule has 0 unspecified atom stereocenters. The van der Waals surface area contributed by atoms with E-state index in [1.165, 1.54) is 0 Å². The molecule has 0 atom stereocenters. The van der Waals surface area contributed by atoms with Crippen LogP contribution in [0.25, 0.3) is 22.3 Å².